The lowest BCUT2D eigenvalue weighted by Gasteiger charge is -2.19. The first-order valence-corrected chi connectivity index (χ1v) is 6.44. The van der Waals surface area contributed by atoms with Gasteiger partial charge in [-0.1, -0.05) is 12.2 Å². The molecule has 0 aromatic rings. The summed E-state index contributed by atoms with van der Waals surface area (Å²) in [7, 11) is 0. The van der Waals surface area contributed by atoms with Gasteiger partial charge in [-0.3, -0.25) is 14.5 Å². The Bertz CT molecular complexity index is 361. The average Bonchev–Trinajstić information content (AvgIpc) is 3.15. The third-order valence-electron chi connectivity index (χ3n) is 4.22. The standard InChI is InChI=1S/C13H18N2O2/c14-11(8-5-6-8)7-15-12(16)9-3-1-2-4-10(9)13(15)17/h1-2,8-11H,3-7,14H2. The second-order valence-corrected chi connectivity index (χ2v) is 5.44. The van der Waals surface area contributed by atoms with Gasteiger partial charge in [0.05, 0.1) is 11.8 Å². The first-order chi connectivity index (χ1) is 8.18. The zero-order valence-electron chi connectivity index (χ0n) is 9.84. The Kier molecular flexibility index (Phi) is 2.54. The van der Waals surface area contributed by atoms with Gasteiger partial charge in [0.2, 0.25) is 11.8 Å². The molecule has 4 heteroatoms. The summed E-state index contributed by atoms with van der Waals surface area (Å²) in [5.41, 5.74) is 6.01. The summed E-state index contributed by atoms with van der Waals surface area (Å²) in [6, 6.07) is -0.0176. The largest absolute Gasteiger partial charge is 0.326 e. The van der Waals surface area contributed by atoms with Crippen LogP contribution >= 0.6 is 0 Å². The van der Waals surface area contributed by atoms with Gasteiger partial charge in [-0.2, -0.15) is 0 Å². The first kappa shape index (κ1) is 11.0. The Labute approximate surface area is 101 Å². The van der Waals surface area contributed by atoms with Crippen LogP contribution in [0.5, 0.6) is 0 Å². The number of allylic oxidation sites excluding steroid dienone is 2. The highest BCUT2D eigenvalue weighted by atomic mass is 16.2. The molecule has 2 amide bonds. The van der Waals surface area contributed by atoms with Gasteiger partial charge in [0.25, 0.3) is 0 Å². The Morgan fingerprint density at radius 2 is 1.71 bits per heavy atom. The second-order valence-electron chi connectivity index (χ2n) is 5.44. The maximum Gasteiger partial charge on any atom is 0.233 e. The minimum absolute atomic E-state index is 0.000417. The molecule has 0 radical (unpaired) electrons. The van der Waals surface area contributed by atoms with Crippen LogP contribution < -0.4 is 5.73 Å². The van der Waals surface area contributed by atoms with Gasteiger partial charge in [0, 0.05) is 12.6 Å². The molecule has 0 aromatic heterocycles. The lowest BCUT2D eigenvalue weighted by atomic mass is 9.85. The van der Waals surface area contributed by atoms with E-state index in [1.807, 2.05) is 12.2 Å². The number of fused-ring (bicyclic) bond motifs is 1. The minimum atomic E-state index is -0.112. The van der Waals surface area contributed by atoms with Crippen LogP contribution in [-0.4, -0.2) is 29.3 Å². The fourth-order valence-corrected chi connectivity index (χ4v) is 2.93. The highest BCUT2D eigenvalue weighted by Crippen LogP contribution is 2.37. The molecule has 1 saturated heterocycles. The smallest absolute Gasteiger partial charge is 0.233 e. The highest BCUT2D eigenvalue weighted by molar-refractivity contribution is 6.05. The van der Waals surface area contributed by atoms with Gasteiger partial charge in [0.1, 0.15) is 0 Å². The van der Waals surface area contributed by atoms with Gasteiger partial charge < -0.3 is 5.73 Å². The van der Waals surface area contributed by atoms with Crippen molar-refractivity contribution in [2.24, 2.45) is 23.5 Å². The summed E-state index contributed by atoms with van der Waals surface area (Å²) in [5.74, 6) is 0.301. The van der Waals surface area contributed by atoms with Crippen LogP contribution in [0.2, 0.25) is 0 Å². The van der Waals surface area contributed by atoms with E-state index in [1.165, 1.54) is 4.90 Å². The molecule has 3 aliphatic rings. The summed E-state index contributed by atoms with van der Waals surface area (Å²) < 4.78 is 0. The van der Waals surface area contributed by atoms with Crippen molar-refractivity contribution >= 4 is 11.8 Å². The van der Waals surface area contributed by atoms with Crippen molar-refractivity contribution < 1.29 is 9.59 Å². The van der Waals surface area contributed by atoms with Crippen molar-refractivity contribution in [2.45, 2.75) is 31.7 Å². The number of carbonyl (C=O) groups is 2. The molecule has 0 spiro atoms. The number of carbonyl (C=O) groups excluding carboxylic acids is 2. The highest BCUT2D eigenvalue weighted by Gasteiger charge is 2.48. The maximum absolute atomic E-state index is 12.1. The van der Waals surface area contributed by atoms with Crippen LogP contribution in [-0.2, 0) is 9.59 Å². The Hall–Kier alpha value is -1.16. The first-order valence-electron chi connectivity index (χ1n) is 6.44. The average molecular weight is 234 g/mol. The van der Waals surface area contributed by atoms with E-state index in [1.54, 1.807) is 0 Å². The molecule has 1 aliphatic heterocycles. The van der Waals surface area contributed by atoms with E-state index in [-0.39, 0.29) is 29.7 Å². The molecule has 3 atom stereocenters. The van der Waals surface area contributed by atoms with Crippen LogP contribution in [0.3, 0.4) is 0 Å². The van der Waals surface area contributed by atoms with E-state index in [9.17, 15) is 9.59 Å². The molecule has 4 nitrogen and oxygen atoms in total. The Balaban J connectivity index is 1.72. The summed E-state index contributed by atoms with van der Waals surface area (Å²) in [5, 5.41) is 0. The van der Waals surface area contributed by atoms with Crippen molar-refractivity contribution in [1.29, 1.82) is 0 Å². The van der Waals surface area contributed by atoms with E-state index < -0.39 is 0 Å². The number of imide groups is 1. The fourth-order valence-electron chi connectivity index (χ4n) is 2.93. The van der Waals surface area contributed by atoms with Crippen LogP contribution in [0.1, 0.15) is 25.7 Å². The van der Waals surface area contributed by atoms with Crippen LogP contribution in [0.4, 0.5) is 0 Å². The SMILES string of the molecule is NC(CN1C(=O)C2CC=CCC2C1=O)C1CC1. The number of amides is 2. The van der Waals surface area contributed by atoms with Crippen LogP contribution in [0.15, 0.2) is 12.2 Å². The van der Waals surface area contributed by atoms with Crippen molar-refractivity contribution in [3.63, 3.8) is 0 Å². The van der Waals surface area contributed by atoms with Crippen molar-refractivity contribution in [3.8, 4) is 0 Å². The van der Waals surface area contributed by atoms with E-state index in [0.29, 0.717) is 25.3 Å². The summed E-state index contributed by atoms with van der Waals surface area (Å²) in [6.45, 7) is 0.426. The number of nitrogens with two attached hydrogens (primary N) is 1. The van der Waals surface area contributed by atoms with E-state index in [2.05, 4.69) is 0 Å². The lowest BCUT2D eigenvalue weighted by Crippen LogP contribution is -2.42. The Morgan fingerprint density at radius 1 is 1.18 bits per heavy atom. The zero-order valence-corrected chi connectivity index (χ0v) is 9.84. The third kappa shape index (κ3) is 1.80. The molecule has 1 heterocycles. The molecule has 2 aliphatic carbocycles. The van der Waals surface area contributed by atoms with Crippen LogP contribution in [0.25, 0.3) is 0 Å². The second kappa shape index (κ2) is 3.95. The van der Waals surface area contributed by atoms with Gasteiger partial charge >= 0.3 is 0 Å². The minimum Gasteiger partial charge on any atom is -0.326 e. The lowest BCUT2D eigenvalue weighted by molar-refractivity contribution is -0.140. The van der Waals surface area contributed by atoms with Gasteiger partial charge in [0.15, 0.2) is 0 Å². The molecule has 3 rings (SSSR count). The predicted molar refractivity (Wildman–Crippen MR) is 62.8 cm³/mol. The third-order valence-corrected chi connectivity index (χ3v) is 4.22. The molecular formula is C13H18N2O2. The number of hydrogen-bond acceptors (Lipinski definition) is 3. The topological polar surface area (TPSA) is 63.4 Å². The van der Waals surface area contributed by atoms with Gasteiger partial charge in [-0.15, -0.1) is 0 Å². The molecule has 0 bridgehead atoms. The Morgan fingerprint density at radius 3 is 2.18 bits per heavy atom. The van der Waals surface area contributed by atoms with E-state index in [4.69, 9.17) is 5.73 Å². The monoisotopic (exact) mass is 234 g/mol. The van der Waals surface area contributed by atoms with E-state index >= 15 is 0 Å². The molecule has 2 N–H and O–H groups in total. The van der Waals surface area contributed by atoms with Gasteiger partial charge in [-0.25, -0.2) is 0 Å². The maximum atomic E-state index is 12.1. The molecule has 0 aromatic carbocycles. The number of hydrogen-bond donors (Lipinski definition) is 1. The van der Waals surface area contributed by atoms with Crippen molar-refractivity contribution in [2.75, 3.05) is 6.54 Å². The molecule has 2 fully saturated rings. The fraction of sp³-hybridized carbons (Fsp3) is 0.692. The molecule has 3 unspecified atom stereocenters. The van der Waals surface area contributed by atoms with Gasteiger partial charge in [-0.05, 0) is 31.6 Å². The number of rotatable bonds is 3. The molecule has 92 valence electrons. The molecular weight excluding hydrogens is 216 g/mol. The van der Waals surface area contributed by atoms with Crippen molar-refractivity contribution in [1.82, 2.24) is 4.90 Å². The number of likely N-dealkylation sites (tertiary alicyclic amines) is 1. The summed E-state index contributed by atoms with van der Waals surface area (Å²) >= 11 is 0. The van der Waals surface area contributed by atoms with E-state index in [0.717, 1.165) is 12.8 Å². The quantitative estimate of drug-likeness (QED) is 0.577. The van der Waals surface area contributed by atoms with Crippen LogP contribution in [0, 0.1) is 17.8 Å². The normalized spacial score (nSPS) is 34.1. The molecule has 17 heavy (non-hydrogen) atoms. The predicted octanol–water partition coefficient (Wildman–Crippen LogP) is 0.675. The van der Waals surface area contributed by atoms with Crippen molar-refractivity contribution in [3.05, 3.63) is 12.2 Å². The summed E-state index contributed by atoms with van der Waals surface area (Å²) in [6.07, 6.45) is 7.74. The number of nitrogens with zero attached hydrogens (tertiary/aromatic N) is 1. The molecule has 1 saturated carbocycles. The summed E-state index contributed by atoms with van der Waals surface area (Å²) in [4.78, 5) is 25.7. The zero-order chi connectivity index (χ0) is 12.0.